The Morgan fingerprint density at radius 1 is 1.58 bits per heavy atom. The Kier molecular flexibility index (Phi) is 3.12. The van der Waals surface area contributed by atoms with Crippen molar-refractivity contribution >= 4 is 15.9 Å². The fourth-order valence-corrected chi connectivity index (χ4v) is 1.59. The summed E-state index contributed by atoms with van der Waals surface area (Å²) in [5.74, 6) is 0.307. The SMILES string of the molecule is C[C@@H](N)Cc1c(O)cccc1Br. The number of hydrogen-bond donors (Lipinski definition) is 2. The number of phenolic OH excluding ortho intramolecular Hbond substituents is 1. The van der Waals surface area contributed by atoms with Crippen LogP contribution in [0, 0.1) is 0 Å². The van der Waals surface area contributed by atoms with E-state index in [9.17, 15) is 5.11 Å². The summed E-state index contributed by atoms with van der Waals surface area (Å²) >= 11 is 3.36. The first-order chi connectivity index (χ1) is 5.61. The fourth-order valence-electron chi connectivity index (χ4n) is 1.07. The molecule has 0 aliphatic rings. The fraction of sp³-hybridized carbons (Fsp3) is 0.333. The predicted molar refractivity (Wildman–Crippen MR) is 53.2 cm³/mol. The van der Waals surface area contributed by atoms with Crippen LogP contribution in [0.5, 0.6) is 5.75 Å². The molecule has 0 unspecified atom stereocenters. The van der Waals surface area contributed by atoms with Crippen LogP contribution < -0.4 is 5.73 Å². The van der Waals surface area contributed by atoms with Crippen molar-refractivity contribution in [3.63, 3.8) is 0 Å². The smallest absolute Gasteiger partial charge is 0.119 e. The largest absolute Gasteiger partial charge is 0.508 e. The highest BCUT2D eigenvalue weighted by atomic mass is 79.9. The van der Waals surface area contributed by atoms with Gasteiger partial charge in [-0.05, 0) is 25.5 Å². The number of benzene rings is 1. The van der Waals surface area contributed by atoms with E-state index in [0.29, 0.717) is 12.2 Å². The van der Waals surface area contributed by atoms with Gasteiger partial charge in [0.25, 0.3) is 0 Å². The third kappa shape index (κ3) is 2.22. The van der Waals surface area contributed by atoms with Crippen molar-refractivity contribution in [1.82, 2.24) is 0 Å². The van der Waals surface area contributed by atoms with Gasteiger partial charge in [0.1, 0.15) is 5.75 Å². The minimum atomic E-state index is 0.0644. The van der Waals surface area contributed by atoms with Crippen LogP contribution in [0.4, 0.5) is 0 Å². The van der Waals surface area contributed by atoms with Crippen molar-refractivity contribution in [2.24, 2.45) is 5.73 Å². The molecule has 1 aromatic carbocycles. The monoisotopic (exact) mass is 229 g/mol. The average Bonchev–Trinajstić information content (AvgIpc) is 1.97. The van der Waals surface area contributed by atoms with E-state index in [4.69, 9.17) is 5.73 Å². The molecule has 0 aromatic heterocycles. The van der Waals surface area contributed by atoms with Crippen LogP contribution in [-0.2, 0) is 6.42 Å². The van der Waals surface area contributed by atoms with Gasteiger partial charge in [0.2, 0.25) is 0 Å². The third-order valence-corrected chi connectivity index (χ3v) is 2.36. The zero-order chi connectivity index (χ0) is 9.14. The van der Waals surface area contributed by atoms with Crippen LogP contribution >= 0.6 is 15.9 Å². The maximum Gasteiger partial charge on any atom is 0.119 e. The van der Waals surface area contributed by atoms with Crippen LogP contribution in [0.2, 0.25) is 0 Å². The second-order valence-corrected chi connectivity index (χ2v) is 3.77. The minimum Gasteiger partial charge on any atom is -0.508 e. The first kappa shape index (κ1) is 9.55. The molecule has 0 aliphatic heterocycles. The van der Waals surface area contributed by atoms with E-state index in [1.807, 2.05) is 13.0 Å². The van der Waals surface area contributed by atoms with Crippen molar-refractivity contribution in [2.45, 2.75) is 19.4 Å². The van der Waals surface area contributed by atoms with Gasteiger partial charge in [-0.2, -0.15) is 0 Å². The van der Waals surface area contributed by atoms with E-state index in [2.05, 4.69) is 15.9 Å². The van der Waals surface area contributed by atoms with Gasteiger partial charge >= 0.3 is 0 Å². The van der Waals surface area contributed by atoms with Gasteiger partial charge in [-0.1, -0.05) is 22.0 Å². The van der Waals surface area contributed by atoms with Crippen molar-refractivity contribution in [3.05, 3.63) is 28.2 Å². The zero-order valence-corrected chi connectivity index (χ0v) is 8.51. The van der Waals surface area contributed by atoms with E-state index in [1.165, 1.54) is 0 Å². The summed E-state index contributed by atoms with van der Waals surface area (Å²) in [6, 6.07) is 5.43. The second-order valence-electron chi connectivity index (χ2n) is 2.92. The third-order valence-electron chi connectivity index (χ3n) is 1.62. The van der Waals surface area contributed by atoms with Gasteiger partial charge in [0, 0.05) is 16.1 Å². The number of phenols is 1. The molecule has 1 atom stereocenters. The molecule has 66 valence electrons. The van der Waals surface area contributed by atoms with E-state index in [0.717, 1.165) is 10.0 Å². The number of rotatable bonds is 2. The summed E-state index contributed by atoms with van der Waals surface area (Å²) in [5, 5.41) is 9.45. The Hall–Kier alpha value is -0.540. The van der Waals surface area contributed by atoms with E-state index in [1.54, 1.807) is 12.1 Å². The highest BCUT2D eigenvalue weighted by Gasteiger charge is 2.06. The molecule has 0 saturated heterocycles. The Bertz CT molecular complexity index is 253. The average molecular weight is 230 g/mol. The van der Waals surface area contributed by atoms with E-state index >= 15 is 0 Å². The lowest BCUT2D eigenvalue weighted by atomic mass is 10.1. The Morgan fingerprint density at radius 3 is 2.75 bits per heavy atom. The van der Waals surface area contributed by atoms with Gasteiger partial charge in [-0.15, -0.1) is 0 Å². The Morgan fingerprint density at radius 2 is 2.25 bits per heavy atom. The Labute approximate surface area is 80.5 Å². The first-order valence-electron chi connectivity index (χ1n) is 3.83. The molecule has 0 amide bonds. The van der Waals surface area contributed by atoms with Crippen molar-refractivity contribution in [2.75, 3.05) is 0 Å². The van der Waals surface area contributed by atoms with Gasteiger partial charge < -0.3 is 10.8 Å². The number of halogens is 1. The standard InChI is InChI=1S/C9H12BrNO/c1-6(11)5-7-8(10)3-2-4-9(7)12/h2-4,6,12H,5,11H2,1H3/t6-/m1/s1. The van der Waals surface area contributed by atoms with Gasteiger partial charge in [-0.3, -0.25) is 0 Å². The lowest BCUT2D eigenvalue weighted by Gasteiger charge is -2.08. The molecule has 0 radical (unpaired) electrons. The molecule has 3 heteroatoms. The van der Waals surface area contributed by atoms with Crippen LogP contribution in [-0.4, -0.2) is 11.1 Å². The maximum atomic E-state index is 9.45. The summed E-state index contributed by atoms with van der Waals surface area (Å²) < 4.78 is 0.916. The highest BCUT2D eigenvalue weighted by molar-refractivity contribution is 9.10. The summed E-state index contributed by atoms with van der Waals surface area (Å²) in [5.41, 5.74) is 6.51. The molecule has 1 rings (SSSR count). The first-order valence-corrected chi connectivity index (χ1v) is 4.62. The van der Waals surface area contributed by atoms with Crippen molar-refractivity contribution < 1.29 is 5.11 Å². The summed E-state index contributed by atoms with van der Waals surface area (Å²) in [7, 11) is 0. The molecule has 12 heavy (non-hydrogen) atoms. The molecule has 0 bridgehead atoms. The van der Waals surface area contributed by atoms with Crippen LogP contribution in [0.25, 0.3) is 0 Å². The zero-order valence-electron chi connectivity index (χ0n) is 6.92. The maximum absolute atomic E-state index is 9.45. The van der Waals surface area contributed by atoms with Crippen molar-refractivity contribution in [1.29, 1.82) is 0 Å². The molecule has 0 fully saturated rings. The molecule has 0 aliphatic carbocycles. The highest BCUT2D eigenvalue weighted by Crippen LogP contribution is 2.26. The second kappa shape index (κ2) is 3.92. The van der Waals surface area contributed by atoms with Crippen LogP contribution in [0.1, 0.15) is 12.5 Å². The summed E-state index contributed by atoms with van der Waals surface area (Å²) in [6.07, 6.45) is 0.688. The van der Waals surface area contributed by atoms with Gasteiger partial charge in [0.05, 0.1) is 0 Å². The van der Waals surface area contributed by atoms with Crippen LogP contribution in [0.15, 0.2) is 22.7 Å². The molecule has 0 saturated carbocycles. The molecule has 3 N–H and O–H groups in total. The molecule has 0 heterocycles. The molecular weight excluding hydrogens is 218 g/mol. The predicted octanol–water partition coefficient (Wildman–Crippen LogP) is 2.04. The topological polar surface area (TPSA) is 46.2 Å². The quantitative estimate of drug-likeness (QED) is 0.816. The molecule has 0 spiro atoms. The summed E-state index contributed by atoms with van der Waals surface area (Å²) in [4.78, 5) is 0. The normalized spacial score (nSPS) is 12.9. The van der Waals surface area contributed by atoms with Crippen molar-refractivity contribution in [3.8, 4) is 5.75 Å². The minimum absolute atomic E-state index is 0.0644. The lowest BCUT2D eigenvalue weighted by Crippen LogP contribution is -2.18. The lowest BCUT2D eigenvalue weighted by molar-refractivity contribution is 0.465. The van der Waals surface area contributed by atoms with Gasteiger partial charge in [0.15, 0.2) is 0 Å². The van der Waals surface area contributed by atoms with Gasteiger partial charge in [-0.25, -0.2) is 0 Å². The molecule has 1 aromatic rings. The number of hydrogen-bond acceptors (Lipinski definition) is 2. The number of aromatic hydroxyl groups is 1. The molecular formula is C9H12BrNO. The molecule has 2 nitrogen and oxygen atoms in total. The summed E-state index contributed by atoms with van der Waals surface area (Å²) in [6.45, 7) is 1.92. The number of nitrogens with two attached hydrogens (primary N) is 1. The van der Waals surface area contributed by atoms with E-state index in [-0.39, 0.29) is 6.04 Å². The van der Waals surface area contributed by atoms with Crippen LogP contribution in [0.3, 0.4) is 0 Å². The van der Waals surface area contributed by atoms with E-state index < -0.39 is 0 Å². The Balaban J connectivity index is 2.96.